The van der Waals surface area contributed by atoms with Crippen molar-refractivity contribution in [1.29, 1.82) is 0 Å². The summed E-state index contributed by atoms with van der Waals surface area (Å²) in [6.07, 6.45) is -2.93. The third-order valence-corrected chi connectivity index (χ3v) is 2.29. The van der Waals surface area contributed by atoms with Crippen molar-refractivity contribution in [3.05, 3.63) is 34.7 Å². The zero-order valence-electron chi connectivity index (χ0n) is 9.10. The fourth-order valence-electron chi connectivity index (χ4n) is 1.23. The largest absolute Gasteiger partial charge is 0.507 e. The number of benzene rings is 1. The van der Waals surface area contributed by atoms with E-state index in [1.54, 1.807) is 0 Å². The number of aromatic nitrogens is 2. The van der Waals surface area contributed by atoms with Crippen LogP contribution in [0.3, 0.4) is 0 Å². The molecule has 1 aromatic heterocycles. The number of hydrogen-bond donors (Lipinski definition) is 2. The summed E-state index contributed by atoms with van der Waals surface area (Å²) in [5, 5.41) is 18.0. The van der Waals surface area contributed by atoms with Gasteiger partial charge in [-0.05, 0) is 18.2 Å². The first kappa shape index (κ1) is 13.2. The Morgan fingerprint density at radius 2 is 2.16 bits per heavy atom. The SMILES string of the molecule is O=C(Nc1nnc(C(F)F)o1)c1cc(Cl)ccc1O. The van der Waals surface area contributed by atoms with Gasteiger partial charge in [0.05, 0.1) is 5.56 Å². The second-order valence-corrected chi connectivity index (χ2v) is 3.80. The molecule has 6 nitrogen and oxygen atoms in total. The number of amides is 1. The fourth-order valence-corrected chi connectivity index (χ4v) is 1.40. The molecule has 0 saturated carbocycles. The monoisotopic (exact) mass is 289 g/mol. The molecule has 0 aliphatic rings. The van der Waals surface area contributed by atoms with E-state index in [1.807, 2.05) is 0 Å². The highest BCUT2D eigenvalue weighted by molar-refractivity contribution is 6.31. The lowest BCUT2D eigenvalue weighted by Gasteiger charge is -2.03. The molecular weight excluding hydrogens is 284 g/mol. The number of anilines is 1. The van der Waals surface area contributed by atoms with Crippen LogP contribution < -0.4 is 5.32 Å². The summed E-state index contributed by atoms with van der Waals surface area (Å²) in [4.78, 5) is 11.7. The van der Waals surface area contributed by atoms with Crippen LogP contribution in [0.5, 0.6) is 5.75 Å². The number of halogens is 3. The summed E-state index contributed by atoms with van der Waals surface area (Å²) in [6, 6.07) is 3.31. The van der Waals surface area contributed by atoms with Gasteiger partial charge in [0, 0.05) is 5.02 Å². The molecule has 1 amide bonds. The van der Waals surface area contributed by atoms with Crippen LogP contribution in [0.4, 0.5) is 14.8 Å². The van der Waals surface area contributed by atoms with Crippen LogP contribution in [-0.2, 0) is 0 Å². The minimum absolute atomic E-state index is 0.149. The first-order valence-electron chi connectivity index (χ1n) is 4.89. The predicted molar refractivity (Wildman–Crippen MR) is 60.3 cm³/mol. The summed E-state index contributed by atoms with van der Waals surface area (Å²) >= 11 is 5.67. The molecule has 0 unspecified atom stereocenters. The third kappa shape index (κ3) is 2.97. The Morgan fingerprint density at radius 3 is 2.79 bits per heavy atom. The number of nitrogens with one attached hydrogen (secondary N) is 1. The average Bonchev–Trinajstić information content (AvgIpc) is 2.80. The Hall–Kier alpha value is -2.22. The quantitative estimate of drug-likeness (QED) is 0.906. The van der Waals surface area contributed by atoms with Gasteiger partial charge in [-0.1, -0.05) is 16.7 Å². The molecule has 0 spiro atoms. The van der Waals surface area contributed by atoms with E-state index >= 15 is 0 Å². The second kappa shape index (κ2) is 5.19. The molecule has 0 aliphatic carbocycles. The summed E-state index contributed by atoms with van der Waals surface area (Å²) in [5.74, 6) is -2.05. The Bertz CT molecular complexity index is 618. The Kier molecular flexibility index (Phi) is 3.61. The average molecular weight is 290 g/mol. The highest BCUT2D eigenvalue weighted by Gasteiger charge is 2.19. The summed E-state index contributed by atoms with van der Waals surface area (Å²) in [6.45, 7) is 0. The van der Waals surface area contributed by atoms with Crippen molar-refractivity contribution in [2.24, 2.45) is 0 Å². The van der Waals surface area contributed by atoms with Crippen molar-refractivity contribution in [2.75, 3.05) is 5.32 Å². The van der Waals surface area contributed by atoms with Crippen molar-refractivity contribution >= 4 is 23.5 Å². The highest BCUT2D eigenvalue weighted by atomic mass is 35.5. The van der Waals surface area contributed by atoms with Gasteiger partial charge in [0.25, 0.3) is 11.8 Å². The number of carbonyl (C=O) groups excluding carboxylic acids is 1. The lowest BCUT2D eigenvalue weighted by Crippen LogP contribution is -2.12. The molecule has 2 N–H and O–H groups in total. The maximum Gasteiger partial charge on any atom is 0.322 e. The lowest BCUT2D eigenvalue weighted by molar-refractivity contribution is 0.101. The number of hydrogen-bond acceptors (Lipinski definition) is 5. The van der Waals surface area contributed by atoms with E-state index in [1.165, 1.54) is 18.2 Å². The van der Waals surface area contributed by atoms with Crippen LogP contribution in [0, 0.1) is 0 Å². The third-order valence-electron chi connectivity index (χ3n) is 2.05. The van der Waals surface area contributed by atoms with Crippen LogP contribution in [-0.4, -0.2) is 21.2 Å². The smallest absolute Gasteiger partial charge is 0.322 e. The second-order valence-electron chi connectivity index (χ2n) is 3.36. The molecule has 19 heavy (non-hydrogen) atoms. The van der Waals surface area contributed by atoms with Gasteiger partial charge in [0.1, 0.15) is 5.75 Å². The molecule has 0 atom stereocenters. The van der Waals surface area contributed by atoms with Gasteiger partial charge in [0.2, 0.25) is 0 Å². The topological polar surface area (TPSA) is 88.3 Å². The number of aromatic hydroxyl groups is 1. The first-order chi connectivity index (χ1) is 8.97. The van der Waals surface area contributed by atoms with E-state index in [0.29, 0.717) is 0 Å². The maximum atomic E-state index is 12.2. The van der Waals surface area contributed by atoms with E-state index in [9.17, 15) is 18.7 Å². The molecular formula is C10H6ClF2N3O3. The molecule has 0 saturated heterocycles. The van der Waals surface area contributed by atoms with Gasteiger partial charge >= 0.3 is 12.4 Å². The van der Waals surface area contributed by atoms with Gasteiger partial charge in [0.15, 0.2) is 0 Å². The van der Waals surface area contributed by atoms with Crippen molar-refractivity contribution < 1.29 is 23.1 Å². The van der Waals surface area contributed by atoms with Gasteiger partial charge in [-0.25, -0.2) is 0 Å². The van der Waals surface area contributed by atoms with E-state index in [4.69, 9.17) is 11.6 Å². The predicted octanol–water partition coefficient (Wildman–Crippen LogP) is 2.62. The molecule has 0 bridgehead atoms. The number of nitrogens with zero attached hydrogens (tertiary/aromatic N) is 2. The molecule has 0 aliphatic heterocycles. The molecule has 1 aromatic carbocycles. The standard InChI is InChI=1S/C10H6ClF2N3O3/c11-4-1-2-6(17)5(3-4)8(18)14-10-16-15-9(19-10)7(12)13/h1-3,7,17H,(H,14,16,18). The Morgan fingerprint density at radius 1 is 1.42 bits per heavy atom. The number of phenols is 1. The van der Waals surface area contributed by atoms with Crippen LogP contribution in [0.15, 0.2) is 22.6 Å². The van der Waals surface area contributed by atoms with E-state index in [2.05, 4.69) is 19.9 Å². The minimum atomic E-state index is -2.93. The molecule has 2 rings (SSSR count). The first-order valence-corrected chi connectivity index (χ1v) is 5.26. The molecule has 0 fully saturated rings. The minimum Gasteiger partial charge on any atom is -0.507 e. The van der Waals surface area contributed by atoms with Gasteiger partial charge < -0.3 is 9.52 Å². The molecule has 100 valence electrons. The lowest BCUT2D eigenvalue weighted by atomic mass is 10.2. The van der Waals surface area contributed by atoms with Crippen molar-refractivity contribution in [2.45, 2.75) is 6.43 Å². The van der Waals surface area contributed by atoms with Crippen LogP contribution >= 0.6 is 11.6 Å². The number of rotatable bonds is 3. The van der Waals surface area contributed by atoms with E-state index < -0.39 is 24.2 Å². The summed E-state index contributed by atoms with van der Waals surface area (Å²) in [7, 11) is 0. The van der Waals surface area contributed by atoms with Crippen LogP contribution in [0.2, 0.25) is 5.02 Å². The van der Waals surface area contributed by atoms with E-state index in [-0.39, 0.29) is 16.3 Å². The Balaban J connectivity index is 2.18. The van der Waals surface area contributed by atoms with Gasteiger partial charge in [-0.3, -0.25) is 10.1 Å². The molecule has 2 aromatic rings. The van der Waals surface area contributed by atoms with E-state index in [0.717, 1.165) is 0 Å². The Labute approximate surface area is 110 Å². The molecule has 9 heteroatoms. The number of alkyl halides is 2. The summed E-state index contributed by atoms with van der Waals surface area (Å²) in [5.41, 5.74) is -0.149. The molecule has 1 heterocycles. The summed E-state index contributed by atoms with van der Waals surface area (Å²) < 4.78 is 28.9. The van der Waals surface area contributed by atoms with Crippen LogP contribution in [0.25, 0.3) is 0 Å². The number of phenolic OH excluding ortho intramolecular Hbond substituents is 1. The maximum absolute atomic E-state index is 12.2. The van der Waals surface area contributed by atoms with Crippen molar-refractivity contribution in [1.82, 2.24) is 10.2 Å². The normalized spacial score (nSPS) is 10.7. The fraction of sp³-hybridized carbons (Fsp3) is 0.100. The van der Waals surface area contributed by atoms with Gasteiger partial charge in [-0.15, -0.1) is 5.10 Å². The molecule has 0 radical (unpaired) electrons. The zero-order valence-corrected chi connectivity index (χ0v) is 9.86. The van der Waals surface area contributed by atoms with Gasteiger partial charge in [-0.2, -0.15) is 8.78 Å². The van der Waals surface area contributed by atoms with Crippen molar-refractivity contribution in [3.8, 4) is 5.75 Å². The zero-order chi connectivity index (χ0) is 14.0. The highest BCUT2D eigenvalue weighted by Crippen LogP contribution is 2.23. The van der Waals surface area contributed by atoms with Crippen LogP contribution in [0.1, 0.15) is 22.7 Å². The number of carbonyl (C=O) groups is 1. The van der Waals surface area contributed by atoms with Crippen molar-refractivity contribution in [3.63, 3.8) is 0 Å².